The summed E-state index contributed by atoms with van der Waals surface area (Å²) in [5, 5.41) is 5.51. The van der Waals surface area contributed by atoms with Crippen LogP contribution in [0.15, 0.2) is 40.6 Å². The van der Waals surface area contributed by atoms with Gasteiger partial charge in [0.15, 0.2) is 0 Å². The number of hydrogen-bond acceptors (Lipinski definition) is 3. The Morgan fingerprint density at radius 3 is 2.94 bits per heavy atom. The predicted molar refractivity (Wildman–Crippen MR) is 76.2 cm³/mol. The predicted octanol–water partition coefficient (Wildman–Crippen LogP) is 2.57. The van der Waals surface area contributed by atoms with Crippen molar-refractivity contribution in [1.29, 1.82) is 0 Å². The standard InChI is InChI=1S/C14H18N2OS/c1-11-5-7-16(14(17)10-11)8-6-15-12(2)13-4-3-9-18-13/h3-5,7,9-10,12,15H,6,8H2,1-2H3. The molecule has 1 N–H and O–H groups in total. The van der Waals surface area contributed by atoms with Gasteiger partial charge in [0, 0.05) is 36.3 Å². The molecule has 0 amide bonds. The highest BCUT2D eigenvalue weighted by molar-refractivity contribution is 7.10. The molecule has 0 fully saturated rings. The van der Waals surface area contributed by atoms with Crippen molar-refractivity contribution in [2.45, 2.75) is 26.4 Å². The number of nitrogens with zero attached hydrogens (tertiary/aromatic N) is 1. The van der Waals surface area contributed by atoms with Crippen molar-refractivity contribution >= 4 is 11.3 Å². The molecule has 2 aromatic heterocycles. The minimum Gasteiger partial charge on any atom is -0.314 e. The molecule has 18 heavy (non-hydrogen) atoms. The van der Waals surface area contributed by atoms with E-state index in [4.69, 9.17) is 0 Å². The Balaban J connectivity index is 1.87. The number of hydrogen-bond donors (Lipinski definition) is 1. The number of rotatable bonds is 5. The van der Waals surface area contributed by atoms with Crippen LogP contribution < -0.4 is 10.9 Å². The highest BCUT2D eigenvalue weighted by Gasteiger charge is 2.04. The zero-order chi connectivity index (χ0) is 13.0. The second-order valence-electron chi connectivity index (χ2n) is 4.43. The smallest absolute Gasteiger partial charge is 0.250 e. The summed E-state index contributed by atoms with van der Waals surface area (Å²) in [7, 11) is 0. The SMILES string of the molecule is Cc1ccn(CCNC(C)c2cccs2)c(=O)c1. The van der Waals surface area contributed by atoms with Gasteiger partial charge in [-0.3, -0.25) is 4.79 Å². The van der Waals surface area contributed by atoms with Gasteiger partial charge in [-0.15, -0.1) is 11.3 Å². The van der Waals surface area contributed by atoms with Crippen molar-refractivity contribution in [2.24, 2.45) is 0 Å². The van der Waals surface area contributed by atoms with Gasteiger partial charge < -0.3 is 9.88 Å². The zero-order valence-electron chi connectivity index (χ0n) is 10.7. The summed E-state index contributed by atoms with van der Waals surface area (Å²) in [4.78, 5) is 13.0. The van der Waals surface area contributed by atoms with Crippen LogP contribution in [0.4, 0.5) is 0 Å². The van der Waals surface area contributed by atoms with Crippen LogP contribution >= 0.6 is 11.3 Å². The molecule has 0 aliphatic carbocycles. The van der Waals surface area contributed by atoms with Gasteiger partial charge in [-0.1, -0.05) is 6.07 Å². The molecular formula is C14H18N2OS. The van der Waals surface area contributed by atoms with Crippen molar-refractivity contribution in [2.75, 3.05) is 6.54 Å². The van der Waals surface area contributed by atoms with Gasteiger partial charge in [0.2, 0.25) is 0 Å². The van der Waals surface area contributed by atoms with Crippen LogP contribution in [-0.4, -0.2) is 11.1 Å². The Hall–Kier alpha value is -1.39. The first-order valence-corrected chi connectivity index (χ1v) is 6.98. The van der Waals surface area contributed by atoms with Crippen molar-refractivity contribution < 1.29 is 0 Å². The second kappa shape index (κ2) is 5.98. The minimum absolute atomic E-state index is 0.0700. The Morgan fingerprint density at radius 1 is 1.44 bits per heavy atom. The monoisotopic (exact) mass is 262 g/mol. The van der Waals surface area contributed by atoms with Gasteiger partial charge in [-0.25, -0.2) is 0 Å². The van der Waals surface area contributed by atoms with E-state index in [0.29, 0.717) is 12.6 Å². The van der Waals surface area contributed by atoms with Crippen molar-refractivity contribution in [3.63, 3.8) is 0 Å². The highest BCUT2D eigenvalue weighted by Crippen LogP contribution is 2.17. The van der Waals surface area contributed by atoms with Gasteiger partial charge in [-0.05, 0) is 36.9 Å². The molecule has 2 rings (SSSR count). The first-order valence-electron chi connectivity index (χ1n) is 6.10. The van der Waals surface area contributed by atoms with E-state index in [-0.39, 0.29) is 5.56 Å². The Kier molecular flexibility index (Phi) is 4.33. The normalized spacial score (nSPS) is 12.6. The number of pyridine rings is 1. The maximum Gasteiger partial charge on any atom is 0.250 e. The van der Waals surface area contributed by atoms with Crippen molar-refractivity contribution in [1.82, 2.24) is 9.88 Å². The second-order valence-corrected chi connectivity index (χ2v) is 5.41. The molecule has 0 saturated carbocycles. The first-order chi connectivity index (χ1) is 8.66. The lowest BCUT2D eigenvalue weighted by atomic mass is 10.3. The topological polar surface area (TPSA) is 34.0 Å². The average Bonchev–Trinajstić information content (AvgIpc) is 2.85. The van der Waals surface area contributed by atoms with Crippen LogP contribution in [0.25, 0.3) is 0 Å². The molecule has 0 aliphatic rings. The molecule has 0 aromatic carbocycles. The molecule has 96 valence electrons. The lowest BCUT2D eigenvalue weighted by Crippen LogP contribution is -2.27. The maximum atomic E-state index is 11.7. The quantitative estimate of drug-likeness (QED) is 0.898. The third-order valence-corrected chi connectivity index (χ3v) is 3.98. The van der Waals surface area contributed by atoms with E-state index in [2.05, 4.69) is 29.8 Å². The number of aromatic nitrogens is 1. The van der Waals surface area contributed by atoms with E-state index in [1.165, 1.54) is 4.88 Å². The Morgan fingerprint density at radius 2 is 2.28 bits per heavy atom. The molecule has 0 bridgehead atoms. The molecule has 2 aromatic rings. The van der Waals surface area contributed by atoms with E-state index in [0.717, 1.165) is 12.1 Å². The summed E-state index contributed by atoms with van der Waals surface area (Å²) < 4.78 is 1.74. The summed E-state index contributed by atoms with van der Waals surface area (Å²) in [6.45, 7) is 5.57. The molecule has 0 spiro atoms. The van der Waals surface area contributed by atoms with E-state index in [1.807, 2.05) is 19.2 Å². The van der Waals surface area contributed by atoms with Gasteiger partial charge in [-0.2, -0.15) is 0 Å². The van der Waals surface area contributed by atoms with E-state index in [9.17, 15) is 4.79 Å². The number of nitrogens with one attached hydrogen (secondary N) is 1. The minimum atomic E-state index is 0.0700. The molecule has 0 radical (unpaired) electrons. The Bertz CT molecular complexity index is 545. The highest BCUT2D eigenvalue weighted by atomic mass is 32.1. The maximum absolute atomic E-state index is 11.7. The lowest BCUT2D eigenvalue weighted by Gasteiger charge is -2.13. The molecule has 0 aliphatic heterocycles. The van der Waals surface area contributed by atoms with E-state index < -0.39 is 0 Å². The van der Waals surface area contributed by atoms with Crippen LogP contribution in [0.1, 0.15) is 23.4 Å². The number of aryl methyl sites for hydroxylation is 1. The summed E-state index contributed by atoms with van der Waals surface area (Å²) in [5.41, 5.74) is 1.08. The fourth-order valence-corrected chi connectivity index (χ4v) is 2.59. The van der Waals surface area contributed by atoms with Crippen molar-refractivity contribution in [3.8, 4) is 0 Å². The van der Waals surface area contributed by atoms with Crippen LogP contribution in [0.2, 0.25) is 0 Å². The van der Waals surface area contributed by atoms with Crippen LogP contribution in [-0.2, 0) is 6.54 Å². The average molecular weight is 262 g/mol. The molecule has 2 heterocycles. The summed E-state index contributed by atoms with van der Waals surface area (Å²) in [5.74, 6) is 0. The lowest BCUT2D eigenvalue weighted by molar-refractivity contribution is 0.529. The van der Waals surface area contributed by atoms with E-state index >= 15 is 0 Å². The molecular weight excluding hydrogens is 244 g/mol. The van der Waals surface area contributed by atoms with Gasteiger partial charge >= 0.3 is 0 Å². The van der Waals surface area contributed by atoms with Crippen molar-refractivity contribution in [3.05, 3.63) is 56.6 Å². The van der Waals surface area contributed by atoms with Crippen LogP contribution in [0, 0.1) is 6.92 Å². The van der Waals surface area contributed by atoms with Gasteiger partial charge in [0.25, 0.3) is 5.56 Å². The van der Waals surface area contributed by atoms with Crippen LogP contribution in [0.3, 0.4) is 0 Å². The fraction of sp³-hybridized carbons (Fsp3) is 0.357. The third-order valence-electron chi connectivity index (χ3n) is 2.92. The fourth-order valence-electron chi connectivity index (χ4n) is 1.83. The first kappa shape index (κ1) is 13.1. The van der Waals surface area contributed by atoms with Gasteiger partial charge in [0.1, 0.15) is 0 Å². The zero-order valence-corrected chi connectivity index (χ0v) is 11.5. The summed E-state index contributed by atoms with van der Waals surface area (Å²) in [6.07, 6.45) is 1.86. The molecule has 3 nitrogen and oxygen atoms in total. The molecule has 1 atom stereocenters. The molecule has 0 saturated heterocycles. The Labute approximate surface area is 111 Å². The van der Waals surface area contributed by atoms with E-state index in [1.54, 1.807) is 22.0 Å². The number of thiophene rings is 1. The largest absolute Gasteiger partial charge is 0.314 e. The third kappa shape index (κ3) is 3.31. The summed E-state index contributed by atoms with van der Waals surface area (Å²) in [6, 6.07) is 8.15. The van der Waals surface area contributed by atoms with Crippen LogP contribution in [0.5, 0.6) is 0 Å². The molecule has 4 heteroatoms. The summed E-state index contributed by atoms with van der Waals surface area (Å²) >= 11 is 1.75. The molecule has 1 unspecified atom stereocenters. The van der Waals surface area contributed by atoms with Gasteiger partial charge in [0.05, 0.1) is 0 Å².